The Bertz CT molecular complexity index is 797. The molecule has 2 heterocycles. The zero-order valence-corrected chi connectivity index (χ0v) is 12.2. The summed E-state index contributed by atoms with van der Waals surface area (Å²) < 4.78 is 1.85. The predicted octanol–water partition coefficient (Wildman–Crippen LogP) is 3.07. The normalized spacial score (nSPS) is 11.2. The van der Waals surface area contributed by atoms with Gasteiger partial charge in [-0.15, -0.1) is 0 Å². The molecule has 3 aromatic rings. The maximum absolute atomic E-state index is 6.06. The van der Waals surface area contributed by atoms with E-state index >= 15 is 0 Å². The number of nitrogens with two attached hydrogens (primary N) is 1. The van der Waals surface area contributed by atoms with E-state index in [4.69, 9.17) is 28.9 Å². The van der Waals surface area contributed by atoms with Crippen molar-refractivity contribution >= 4 is 40.2 Å². The van der Waals surface area contributed by atoms with Crippen LogP contribution >= 0.6 is 23.2 Å². The van der Waals surface area contributed by atoms with Crippen molar-refractivity contribution in [3.8, 4) is 0 Å². The molecule has 0 aliphatic carbocycles. The van der Waals surface area contributed by atoms with Gasteiger partial charge in [-0.2, -0.15) is 0 Å². The molecule has 2 N–H and O–H groups in total. The number of hydrogen-bond acceptors (Lipinski definition) is 4. The summed E-state index contributed by atoms with van der Waals surface area (Å²) in [5, 5.41) is 0.931. The van der Waals surface area contributed by atoms with Gasteiger partial charge in [-0.1, -0.05) is 23.2 Å². The van der Waals surface area contributed by atoms with Crippen molar-refractivity contribution in [1.29, 1.82) is 0 Å². The van der Waals surface area contributed by atoms with Crippen molar-refractivity contribution in [3.05, 3.63) is 46.0 Å². The number of aryl methyl sites for hydroxylation is 1. The van der Waals surface area contributed by atoms with Crippen LogP contribution in [0.25, 0.3) is 11.0 Å². The molecule has 0 saturated heterocycles. The van der Waals surface area contributed by atoms with Crippen LogP contribution in [0, 0.1) is 6.92 Å². The molecule has 0 radical (unpaired) electrons. The molecule has 5 nitrogen and oxygen atoms in total. The second-order valence-corrected chi connectivity index (χ2v) is 5.22. The van der Waals surface area contributed by atoms with E-state index in [1.807, 2.05) is 17.6 Å². The molecular weight excluding hydrogens is 297 g/mol. The maximum atomic E-state index is 6.06. The van der Waals surface area contributed by atoms with Crippen LogP contribution < -0.4 is 5.73 Å². The van der Waals surface area contributed by atoms with E-state index < -0.39 is 0 Å². The van der Waals surface area contributed by atoms with Gasteiger partial charge in [0.1, 0.15) is 5.82 Å². The average molecular weight is 308 g/mol. The number of nitrogen functional groups attached to an aromatic ring is 1. The van der Waals surface area contributed by atoms with Gasteiger partial charge in [0.25, 0.3) is 0 Å². The Hall–Kier alpha value is -1.85. The summed E-state index contributed by atoms with van der Waals surface area (Å²) in [4.78, 5) is 12.7. The monoisotopic (exact) mass is 307 g/mol. The fourth-order valence-corrected chi connectivity index (χ4v) is 2.38. The lowest BCUT2D eigenvalue weighted by atomic mass is 10.3. The first-order chi connectivity index (χ1) is 9.54. The molecule has 1 aromatic carbocycles. The Kier molecular flexibility index (Phi) is 3.23. The highest BCUT2D eigenvalue weighted by atomic mass is 35.5. The third-order valence-corrected chi connectivity index (χ3v) is 3.70. The molecular formula is C13H11Cl2N5. The number of halogens is 2. The van der Waals surface area contributed by atoms with Gasteiger partial charge in [0.05, 0.1) is 33.3 Å². The van der Waals surface area contributed by atoms with Gasteiger partial charge in [-0.3, -0.25) is 0 Å². The van der Waals surface area contributed by atoms with E-state index in [1.54, 1.807) is 18.3 Å². The molecule has 20 heavy (non-hydrogen) atoms. The molecule has 0 aliphatic heterocycles. The topological polar surface area (TPSA) is 69.6 Å². The largest absolute Gasteiger partial charge is 0.369 e. The van der Waals surface area contributed by atoms with Crippen LogP contribution in [0.1, 0.15) is 11.5 Å². The standard InChI is InChI=1S/C13H11Cl2N5/c1-7-17-3-2-8(18-7)6-20-12-5-10(15)9(14)4-11(12)19-13(20)16/h2-5H,6H2,1H3,(H2,16,19). The molecule has 0 amide bonds. The number of fused-ring (bicyclic) bond motifs is 1. The van der Waals surface area contributed by atoms with E-state index in [1.165, 1.54) is 0 Å². The zero-order chi connectivity index (χ0) is 14.3. The Morgan fingerprint density at radius 2 is 1.95 bits per heavy atom. The first kappa shape index (κ1) is 13.1. The molecule has 102 valence electrons. The molecule has 0 atom stereocenters. The highest BCUT2D eigenvalue weighted by Gasteiger charge is 2.12. The molecule has 2 aromatic heterocycles. The Balaban J connectivity index is 2.11. The lowest BCUT2D eigenvalue weighted by molar-refractivity contribution is 0.795. The predicted molar refractivity (Wildman–Crippen MR) is 80.0 cm³/mol. The fraction of sp³-hybridized carbons (Fsp3) is 0.154. The molecule has 0 saturated carbocycles. The molecule has 3 rings (SSSR count). The van der Waals surface area contributed by atoms with Crippen molar-refractivity contribution in [3.63, 3.8) is 0 Å². The van der Waals surface area contributed by atoms with Gasteiger partial charge in [0.2, 0.25) is 5.95 Å². The van der Waals surface area contributed by atoms with Crippen LogP contribution in [-0.2, 0) is 6.54 Å². The molecule has 0 spiro atoms. The van der Waals surface area contributed by atoms with Crippen LogP contribution in [0.3, 0.4) is 0 Å². The summed E-state index contributed by atoms with van der Waals surface area (Å²) in [7, 11) is 0. The lowest BCUT2D eigenvalue weighted by Crippen LogP contribution is -2.06. The van der Waals surface area contributed by atoms with Crippen molar-refractivity contribution in [2.75, 3.05) is 5.73 Å². The number of aromatic nitrogens is 4. The summed E-state index contributed by atoms with van der Waals surface area (Å²) in [5.41, 5.74) is 8.36. The van der Waals surface area contributed by atoms with Gasteiger partial charge in [-0.05, 0) is 25.1 Å². The number of rotatable bonds is 2. The highest BCUT2D eigenvalue weighted by Crippen LogP contribution is 2.29. The van der Waals surface area contributed by atoms with Gasteiger partial charge in [0.15, 0.2) is 0 Å². The summed E-state index contributed by atoms with van der Waals surface area (Å²) in [6, 6.07) is 5.31. The Morgan fingerprint density at radius 1 is 1.20 bits per heavy atom. The SMILES string of the molecule is Cc1nccc(Cn2c(N)nc3cc(Cl)c(Cl)cc32)n1. The molecule has 0 bridgehead atoms. The van der Waals surface area contributed by atoms with E-state index in [0.717, 1.165) is 11.2 Å². The summed E-state index contributed by atoms with van der Waals surface area (Å²) in [6.07, 6.45) is 1.72. The van der Waals surface area contributed by atoms with Crippen LogP contribution in [-0.4, -0.2) is 19.5 Å². The summed E-state index contributed by atoms with van der Waals surface area (Å²) in [5.74, 6) is 1.11. The summed E-state index contributed by atoms with van der Waals surface area (Å²) >= 11 is 12.0. The third-order valence-electron chi connectivity index (χ3n) is 2.97. The van der Waals surface area contributed by atoms with Crippen LogP contribution in [0.2, 0.25) is 10.0 Å². The van der Waals surface area contributed by atoms with E-state index in [2.05, 4.69) is 15.0 Å². The maximum Gasteiger partial charge on any atom is 0.201 e. The number of benzene rings is 1. The number of nitrogens with zero attached hydrogens (tertiary/aromatic N) is 4. The molecule has 0 aliphatic rings. The van der Waals surface area contributed by atoms with Gasteiger partial charge >= 0.3 is 0 Å². The number of imidazole rings is 1. The second-order valence-electron chi connectivity index (χ2n) is 4.41. The molecule has 0 fully saturated rings. The van der Waals surface area contributed by atoms with Gasteiger partial charge in [-0.25, -0.2) is 15.0 Å². The minimum Gasteiger partial charge on any atom is -0.369 e. The van der Waals surface area contributed by atoms with Crippen LogP contribution in [0.5, 0.6) is 0 Å². The Labute approximate surface area is 125 Å². The van der Waals surface area contributed by atoms with E-state index in [0.29, 0.717) is 33.9 Å². The first-order valence-corrected chi connectivity index (χ1v) is 6.69. The van der Waals surface area contributed by atoms with E-state index in [9.17, 15) is 0 Å². The van der Waals surface area contributed by atoms with Gasteiger partial charge < -0.3 is 10.3 Å². The minimum atomic E-state index is 0.398. The summed E-state index contributed by atoms with van der Waals surface area (Å²) in [6.45, 7) is 2.35. The lowest BCUT2D eigenvalue weighted by Gasteiger charge is -2.06. The third kappa shape index (κ3) is 2.30. The average Bonchev–Trinajstić information content (AvgIpc) is 2.67. The van der Waals surface area contributed by atoms with Crippen LogP contribution in [0.4, 0.5) is 5.95 Å². The van der Waals surface area contributed by atoms with Crippen molar-refractivity contribution in [2.24, 2.45) is 0 Å². The molecule has 0 unspecified atom stereocenters. The van der Waals surface area contributed by atoms with Crippen molar-refractivity contribution in [2.45, 2.75) is 13.5 Å². The fourth-order valence-electron chi connectivity index (χ4n) is 2.06. The van der Waals surface area contributed by atoms with Crippen LogP contribution in [0.15, 0.2) is 24.4 Å². The quantitative estimate of drug-likeness (QED) is 0.790. The minimum absolute atomic E-state index is 0.398. The first-order valence-electron chi connectivity index (χ1n) is 5.94. The van der Waals surface area contributed by atoms with E-state index in [-0.39, 0.29) is 0 Å². The van der Waals surface area contributed by atoms with Crippen molar-refractivity contribution < 1.29 is 0 Å². The highest BCUT2D eigenvalue weighted by molar-refractivity contribution is 6.42. The Morgan fingerprint density at radius 3 is 2.70 bits per heavy atom. The zero-order valence-electron chi connectivity index (χ0n) is 10.6. The number of hydrogen-bond donors (Lipinski definition) is 1. The second kappa shape index (κ2) is 4.92. The number of anilines is 1. The molecule has 7 heteroatoms. The van der Waals surface area contributed by atoms with Crippen molar-refractivity contribution in [1.82, 2.24) is 19.5 Å². The van der Waals surface area contributed by atoms with Gasteiger partial charge in [0, 0.05) is 6.20 Å². The smallest absolute Gasteiger partial charge is 0.201 e.